The molecular weight excluding hydrogens is 546 g/mol. The molecule has 2 aromatic heterocycles. The molecule has 42 heavy (non-hydrogen) atoms. The van der Waals surface area contributed by atoms with Crippen molar-refractivity contribution in [3.63, 3.8) is 0 Å². The summed E-state index contributed by atoms with van der Waals surface area (Å²) >= 11 is 0. The van der Waals surface area contributed by atoms with Crippen molar-refractivity contribution in [2.45, 2.75) is 98.7 Å². The average Bonchev–Trinajstić information content (AvgIpc) is 2.99. The SMILES string of the molecule is PC(c1cccnc1)(c1cccnc1)c1ccccc1CP(C12CC3CC(CC(C3)C1)C2)C12CC3CC(CC(C3)C1)C2. The van der Waals surface area contributed by atoms with Gasteiger partial charge in [-0.2, -0.15) is 0 Å². The van der Waals surface area contributed by atoms with E-state index in [4.69, 9.17) is 0 Å². The van der Waals surface area contributed by atoms with Crippen LogP contribution in [0.5, 0.6) is 0 Å². The third-order valence-electron chi connectivity index (χ3n) is 13.2. The van der Waals surface area contributed by atoms with E-state index in [1.807, 2.05) is 12.4 Å². The molecule has 2 nitrogen and oxygen atoms in total. The average molecular weight is 593 g/mol. The Kier molecular flexibility index (Phi) is 6.33. The standard InChI is InChI=1S/C38H46N2P2/c41-38(33-6-3-9-39-23-33,34-7-4-10-40-24-34)35-8-2-1-5-32(35)25-42(36-17-26-11-27(18-36)13-28(12-26)19-36)37-20-29-14-30(21-37)16-31(15-29)22-37/h1-10,23-24,26-31H,11-22,25,41H2. The molecule has 0 spiro atoms. The first-order chi connectivity index (χ1) is 20.5. The highest BCUT2D eigenvalue weighted by molar-refractivity contribution is 7.60. The molecule has 0 N–H and O–H groups in total. The molecule has 0 amide bonds. The van der Waals surface area contributed by atoms with E-state index in [1.165, 1.54) is 22.9 Å². The largest absolute Gasteiger partial charge is 0.264 e. The molecule has 1 atom stereocenters. The minimum atomic E-state index is -0.358. The summed E-state index contributed by atoms with van der Waals surface area (Å²) in [6.45, 7) is 0. The van der Waals surface area contributed by atoms with Crippen LogP contribution >= 0.6 is 17.2 Å². The van der Waals surface area contributed by atoms with Gasteiger partial charge in [0, 0.05) is 24.8 Å². The van der Waals surface area contributed by atoms with Gasteiger partial charge in [0.15, 0.2) is 0 Å². The van der Waals surface area contributed by atoms with Crippen LogP contribution in [0.25, 0.3) is 0 Å². The number of aromatic nitrogens is 2. The summed E-state index contributed by atoms with van der Waals surface area (Å²) in [5, 5.41) is 0.910. The third-order valence-corrected chi connectivity index (χ3v) is 18.2. The monoisotopic (exact) mass is 592 g/mol. The van der Waals surface area contributed by atoms with Crippen molar-refractivity contribution in [2.24, 2.45) is 35.5 Å². The molecular formula is C38H46N2P2. The first-order valence-electron chi connectivity index (χ1n) is 17.0. The molecule has 8 fully saturated rings. The Labute approximate surface area is 256 Å². The van der Waals surface area contributed by atoms with Crippen LogP contribution in [0.1, 0.15) is 99.3 Å². The van der Waals surface area contributed by atoms with Crippen molar-refractivity contribution in [3.05, 3.63) is 95.6 Å². The van der Waals surface area contributed by atoms with E-state index in [9.17, 15) is 0 Å². The van der Waals surface area contributed by atoms with Gasteiger partial charge in [-0.15, -0.1) is 9.24 Å². The summed E-state index contributed by atoms with van der Waals surface area (Å²) in [6.07, 6.45) is 28.0. The lowest BCUT2D eigenvalue weighted by Gasteiger charge is -2.67. The smallest absolute Gasteiger partial charge is 0.0624 e. The summed E-state index contributed by atoms with van der Waals surface area (Å²) in [6, 6.07) is 18.3. The molecule has 8 aliphatic carbocycles. The fourth-order valence-corrected chi connectivity index (χ4v) is 18.3. The molecule has 218 valence electrons. The number of benzene rings is 1. The van der Waals surface area contributed by atoms with Crippen LogP contribution in [0.15, 0.2) is 73.3 Å². The quantitative estimate of drug-likeness (QED) is 0.255. The second kappa shape index (κ2) is 9.94. The van der Waals surface area contributed by atoms with Gasteiger partial charge in [0.25, 0.3) is 0 Å². The Bertz CT molecular complexity index is 1300. The van der Waals surface area contributed by atoms with E-state index in [1.54, 1.807) is 82.6 Å². The minimum absolute atomic E-state index is 0.127. The van der Waals surface area contributed by atoms with Gasteiger partial charge in [-0.25, -0.2) is 0 Å². The lowest BCUT2D eigenvalue weighted by atomic mass is 9.55. The van der Waals surface area contributed by atoms with Crippen LogP contribution in [0.4, 0.5) is 0 Å². The van der Waals surface area contributed by atoms with Crippen molar-refractivity contribution < 1.29 is 0 Å². The molecule has 0 radical (unpaired) electrons. The number of pyridine rings is 2. The lowest BCUT2D eigenvalue weighted by Crippen LogP contribution is -2.56. The van der Waals surface area contributed by atoms with E-state index in [2.05, 4.69) is 80.1 Å². The molecule has 3 aromatic rings. The van der Waals surface area contributed by atoms with Crippen molar-refractivity contribution in [1.29, 1.82) is 0 Å². The Morgan fingerprint density at radius 3 is 1.45 bits per heavy atom. The molecule has 8 bridgehead atoms. The number of hydrogen-bond donors (Lipinski definition) is 0. The normalized spacial score (nSPS) is 38.6. The predicted octanol–water partition coefficient (Wildman–Crippen LogP) is 9.56. The summed E-state index contributed by atoms with van der Waals surface area (Å²) in [5.41, 5.74) is 5.55. The van der Waals surface area contributed by atoms with Crippen LogP contribution in [0.3, 0.4) is 0 Å². The Morgan fingerprint density at radius 1 is 0.619 bits per heavy atom. The summed E-state index contributed by atoms with van der Waals surface area (Å²) < 4.78 is 0. The molecule has 0 saturated heterocycles. The minimum Gasteiger partial charge on any atom is -0.264 e. The van der Waals surface area contributed by atoms with E-state index >= 15 is 0 Å². The number of hydrogen-bond acceptors (Lipinski definition) is 2. The fraction of sp³-hybridized carbons (Fsp3) is 0.579. The van der Waals surface area contributed by atoms with E-state index in [-0.39, 0.29) is 13.1 Å². The second-order valence-electron chi connectivity index (χ2n) is 15.8. The molecule has 1 aromatic carbocycles. The van der Waals surface area contributed by atoms with Crippen LogP contribution in [0, 0.1) is 35.5 Å². The topological polar surface area (TPSA) is 25.8 Å². The molecule has 11 rings (SSSR count). The highest BCUT2D eigenvalue weighted by Crippen LogP contribution is 2.79. The molecule has 0 aliphatic heterocycles. The maximum Gasteiger partial charge on any atom is 0.0624 e. The van der Waals surface area contributed by atoms with Gasteiger partial charge in [0.1, 0.15) is 0 Å². The van der Waals surface area contributed by atoms with Crippen LogP contribution in [0.2, 0.25) is 0 Å². The number of nitrogens with zero attached hydrogens (tertiary/aromatic N) is 2. The summed E-state index contributed by atoms with van der Waals surface area (Å²) in [5.74, 6) is 6.15. The second-order valence-corrected chi connectivity index (χ2v) is 19.8. The first kappa shape index (κ1) is 26.8. The first-order valence-corrected chi connectivity index (χ1v) is 19.1. The predicted molar refractivity (Wildman–Crippen MR) is 177 cm³/mol. The highest BCUT2D eigenvalue weighted by atomic mass is 31.1. The highest BCUT2D eigenvalue weighted by Gasteiger charge is 2.62. The van der Waals surface area contributed by atoms with E-state index < -0.39 is 0 Å². The van der Waals surface area contributed by atoms with Gasteiger partial charge in [-0.05, 0) is 163 Å². The fourth-order valence-electron chi connectivity index (χ4n) is 12.5. The van der Waals surface area contributed by atoms with Gasteiger partial charge in [-0.1, -0.05) is 44.3 Å². The van der Waals surface area contributed by atoms with Crippen molar-refractivity contribution >= 4 is 17.2 Å². The van der Waals surface area contributed by atoms with E-state index in [0.29, 0.717) is 10.3 Å². The maximum absolute atomic E-state index is 4.62. The van der Waals surface area contributed by atoms with Gasteiger partial charge in [0.05, 0.1) is 5.16 Å². The van der Waals surface area contributed by atoms with Crippen molar-refractivity contribution in [1.82, 2.24) is 9.97 Å². The zero-order valence-electron chi connectivity index (χ0n) is 25.0. The van der Waals surface area contributed by atoms with Crippen molar-refractivity contribution in [2.75, 3.05) is 0 Å². The Morgan fingerprint density at radius 2 is 1.05 bits per heavy atom. The Hall–Kier alpha value is -1.62. The molecule has 8 aliphatic rings. The van der Waals surface area contributed by atoms with Crippen molar-refractivity contribution in [3.8, 4) is 0 Å². The van der Waals surface area contributed by atoms with E-state index in [0.717, 1.165) is 35.5 Å². The molecule has 1 unspecified atom stereocenters. The number of rotatable bonds is 7. The Balaban J connectivity index is 1.19. The molecule has 4 heteroatoms. The zero-order valence-corrected chi connectivity index (χ0v) is 27.1. The zero-order chi connectivity index (χ0) is 27.9. The van der Waals surface area contributed by atoms with Gasteiger partial charge in [0.2, 0.25) is 0 Å². The van der Waals surface area contributed by atoms with Gasteiger partial charge < -0.3 is 0 Å². The maximum atomic E-state index is 4.62. The van der Waals surface area contributed by atoms with Gasteiger partial charge in [-0.3, -0.25) is 9.97 Å². The third kappa shape index (κ3) is 4.17. The summed E-state index contributed by atoms with van der Waals surface area (Å²) in [4.78, 5) is 9.23. The van der Waals surface area contributed by atoms with Crippen LogP contribution in [-0.2, 0) is 11.3 Å². The summed E-state index contributed by atoms with van der Waals surface area (Å²) in [7, 11) is 3.19. The molecule has 8 saturated carbocycles. The van der Waals surface area contributed by atoms with Crippen LogP contribution < -0.4 is 0 Å². The van der Waals surface area contributed by atoms with Crippen LogP contribution in [-0.4, -0.2) is 20.3 Å². The lowest BCUT2D eigenvalue weighted by molar-refractivity contribution is 0.0184. The molecule has 2 heterocycles. The van der Waals surface area contributed by atoms with Gasteiger partial charge >= 0.3 is 0 Å².